The van der Waals surface area contributed by atoms with Gasteiger partial charge in [-0.1, -0.05) is 26.0 Å². The van der Waals surface area contributed by atoms with E-state index in [1.54, 1.807) is 11.8 Å². The van der Waals surface area contributed by atoms with Crippen LogP contribution in [0.4, 0.5) is 0 Å². The summed E-state index contributed by atoms with van der Waals surface area (Å²) in [6.45, 7) is 9.63. The van der Waals surface area contributed by atoms with Gasteiger partial charge >= 0.3 is 0 Å². The summed E-state index contributed by atoms with van der Waals surface area (Å²) in [5.74, 6) is 1.27. The van der Waals surface area contributed by atoms with E-state index in [0.717, 1.165) is 37.6 Å². The quantitative estimate of drug-likeness (QED) is 0.812. The number of nitrogens with zero attached hydrogens (tertiary/aromatic N) is 4. The van der Waals surface area contributed by atoms with Gasteiger partial charge in [0.1, 0.15) is 11.4 Å². The molecule has 2 aromatic rings. The lowest BCUT2D eigenvalue weighted by Gasteiger charge is -2.39. The first-order chi connectivity index (χ1) is 12.9. The fourth-order valence-electron chi connectivity index (χ4n) is 3.63. The molecule has 0 bridgehead atoms. The van der Waals surface area contributed by atoms with Gasteiger partial charge in [0.05, 0.1) is 12.8 Å². The van der Waals surface area contributed by atoms with Crippen molar-refractivity contribution in [1.29, 1.82) is 0 Å². The van der Waals surface area contributed by atoms with Gasteiger partial charge in [0, 0.05) is 39.3 Å². The third kappa shape index (κ3) is 4.33. The second kappa shape index (κ2) is 8.13. The van der Waals surface area contributed by atoms with E-state index in [9.17, 15) is 4.79 Å². The molecule has 1 unspecified atom stereocenters. The Balaban J connectivity index is 1.65. The zero-order valence-electron chi connectivity index (χ0n) is 17.0. The molecule has 1 aliphatic rings. The van der Waals surface area contributed by atoms with Crippen LogP contribution in [0.25, 0.3) is 0 Å². The van der Waals surface area contributed by atoms with Gasteiger partial charge in [0.2, 0.25) is 0 Å². The molecule has 6 heteroatoms. The average molecular weight is 370 g/mol. The molecule has 0 spiro atoms. The minimum absolute atomic E-state index is 0.0745. The molecule has 2 heterocycles. The smallest absolute Gasteiger partial charge is 0.272 e. The van der Waals surface area contributed by atoms with Crippen molar-refractivity contribution in [2.75, 3.05) is 26.7 Å². The molecule has 0 N–H and O–H groups in total. The SMILES string of the molecule is COc1cccc(CN2CCN(C(=O)c3cc(C(C)C)nn3C)C(C)C2)c1. The van der Waals surface area contributed by atoms with Crippen LogP contribution in [0.15, 0.2) is 30.3 Å². The Labute approximate surface area is 161 Å². The van der Waals surface area contributed by atoms with E-state index in [1.807, 2.05) is 30.1 Å². The molecule has 27 heavy (non-hydrogen) atoms. The lowest BCUT2D eigenvalue weighted by atomic mass is 10.1. The number of ether oxygens (including phenoxy) is 1. The molecular weight excluding hydrogens is 340 g/mol. The summed E-state index contributed by atoms with van der Waals surface area (Å²) in [6, 6.07) is 10.3. The maximum absolute atomic E-state index is 13.0. The number of methoxy groups -OCH3 is 1. The summed E-state index contributed by atoms with van der Waals surface area (Å²) in [4.78, 5) is 17.4. The van der Waals surface area contributed by atoms with Crippen LogP contribution in [-0.2, 0) is 13.6 Å². The molecule has 3 rings (SSSR count). The van der Waals surface area contributed by atoms with Gasteiger partial charge in [-0.3, -0.25) is 14.4 Å². The maximum Gasteiger partial charge on any atom is 0.272 e. The number of piperazine rings is 1. The van der Waals surface area contributed by atoms with Crippen molar-refractivity contribution in [3.8, 4) is 5.75 Å². The van der Waals surface area contributed by atoms with Gasteiger partial charge in [-0.15, -0.1) is 0 Å². The Morgan fingerprint density at radius 2 is 2.07 bits per heavy atom. The van der Waals surface area contributed by atoms with E-state index in [-0.39, 0.29) is 11.9 Å². The number of benzene rings is 1. The Morgan fingerprint density at radius 1 is 1.30 bits per heavy atom. The zero-order valence-corrected chi connectivity index (χ0v) is 17.0. The van der Waals surface area contributed by atoms with Crippen molar-refractivity contribution in [3.05, 3.63) is 47.3 Å². The third-order valence-corrected chi connectivity index (χ3v) is 5.22. The number of amides is 1. The van der Waals surface area contributed by atoms with Crippen molar-refractivity contribution >= 4 is 5.91 Å². The van der Waals surface area contributed by atoms with Crippen LogP contribution in [0.2, 0.25) is 0 Å². The number of carbonyl (C=O) groups excluding carboxylic acids is 1. The van der Waals surface area contributed by atoms with Crippen molar-refractivity contribution in [2.45, 2.75) is 39.3 Å². The van der Waals surface area contributed by atoms with Crippen LogP contribution >= 0.6 is 0 Å². The molecule has 1 aromatic carbocycles. The molecule has 0 saturated carbocycles. The largest absolute Gasteiger partial charge is 0.497 e. The predicted octanol–water partition coefficient (Wildman–Crippen LogP) is 2.90. The van der Waals surface area contributed by atoms with Crippen molar-refractivity contribution in [3.63, 3.8) is 0 Å². The van der Waals surface area contributed by atoms with Crippen molar-refractivity contribution in [1.82, 2.24) is 19.6 Å². The minimum atomic E-state index is 0.0745. The number of hydrogen-bond donors (Lipinski definition) is 0. The first-order valence-electron chi connectivity index (χ1n) is 9.59. The van der Waals surface area contributed by atoms with E-state index in [4.69, 9.17) is 4.74 Å². The van der Waals surface area contributed by atoms with Gasteiger partial charge in [0.15, 0.2) is 0 Å². The molecular formula is C21H30N4O2. The van der Waals surface area contributed by atoms with Gasteiger partial charge in [-0.05, 0) is 36.6 Å². The highest BCUT2D eigenvalue weighted by Gasteiger charge is 2.30. The highest BCUT2D eigenvalue weighted by atomic mass is 16.5. The molecule has 1 aromatic heterocycles. The zero-order chi connectivity index (χ0) is 19.6. The van der Waals surface area contributed by atoms with Crippen LogP contribution < -0.4 is 4.74 Å². The number of rotatable bonds is 5. The van der Waals surface area contributed by atoms with Crippen molar-refractivity contribution in [2.24, 2.45) is 7.05 Å². The molecule has 1 atom stereocenters. The summed E-state index contributed by atoms with van der Waals surface area (Å²) in [6.07, 6.45) is 0. The molecule has 1 saturated heterocycles. The summed E-state index contributed by atoms with van der Waals surface area (Å²) in [7, 11) is 3.54. The molecule has 1 fully saturated rings. The predicted molar refractivity (Wildman–Crippen MR) is 106 cm³/mol. The first-order valence-corrected chi connectivity index (χ1v) is 9.59. The molecule has 146 valence electrons. The minimum Gasteiger partial charge on any atom is -0.497 e. The number of aromatic nitrogens is 2. The van der Waals surface area contributed by atoms with E-state index in [2.05, 4.69) is 42.9 Å². The number of hydrogen-bond acceptors (Lipinski definition) is 4. The Hall–Kier alpha value is -2.34. The summed E-state index contributed by atoms with van der Waals surface area (Å²) < 4.78 is 7.03. The lowest BCUT2D eigenvalue weighted by molar-refractivity contribution is 0.0465. The lowest BCUT2D eigenvalue weighted by Crippen LogP contribution is -2.53. The van der Waals surface area contributed by atoms with Crippen LogP contribution in [0, 0.1) is 0 Å². The molecule has 6 nitrogen and oxygen atoms in total. The van der Waals surface area contributed by atoms with Crippen LogP contribution in [0.1, 0.15) is 48.4 Å². The van der Waals surface area contributed by atoms with Crippen LogP contribution in [-0.4, -0.2) is 58.3 Å². The fraction of sp³-hybridized carbons (Fsp3) is 0.524. The van der Waals surface area contributed by atoms with Crippen LogP contribution in [0.3, 0.4) is 0 Å². The van der Waals surface area contributed by atoms with Gasteiger partial charge in [0.25, 0.3) is 5.91 Å². The standard InChI is InChI=1S/C21H30N4O2/c1-15(2)19-12-20(23(4)22-19)21(26)25-10-9-24(13-16(25)3)14-17-7-6-8-18(11-17)27-5/h6-8,11-12,15-16H,9-10,13-14H2,1-5H3. The van der Waals surface area contributed by atoms with E-state index >= 15 is 0 Å². The van der Waals surface area contributed by atoms with E-state index in [0.29, 0.717) is 11.6 Å². The molecule has 1 aliphatic heterocycles. The summed E-state index contributed by atoms with van der Waals surface area (Å²) in [5.41, 5.74) is 2.87. The van der Waals surface area contributed by atoms with Gasteiger partial charge < -0.3 is 9.64 Å². The number of carbonyl (C=O) groups is 1. The number of aryl methyl sites for hydroxylation is 1. The summed E-state index contributed by atoms with van der Waals surface area (Å²) in [5, 5.41) is 4.49. The summed E-state index contributed by atoms with van der Waals surface area (Å²) >= 11 is 0. The highest BCUT2D eigenvalue weighted by Crippen LogP contribution is 2.20. The van der Waals surface area contributed by atoms with Gasteiger partial charge in [-0.25, -0.2) is 0 Å². The Kier molecular flexibility index (Phi) is 5.85. The highest BCUT2D eigenvalue weighted by molar-refractivity contribution is 5.93. The topological polar surface area (TPSA) is 50.6 Å². The third-order valence-electron chi connectivity index (χ3n) is 5.22. The van der Waals surface area contributed by atoms with Crippen LogP contribution in [0.5, 0.6) is 5.75 Å². The van der Waals surface area contributed by atoms with Gasteiger partial charge in [-0.2, -0.15) is 5.10 Å². The molecule has 0 radical (unpaired) electrons. The first kappa shape index (κ1) is 19.4. The molecule has 0 aliphatic carbocycles. The van der Waals surface area contributed by atoms with E-state index in [1.165, 1.54) is 5.56 Å². The second-order valence-electron chi connectivity index (χ2n) is 7.67. The normalized spacial score (nSPS) is 18.1. The van der Waals surface area contributed by atoms with Crippen molar-refractivity contribution < 1.29 is 9.53 Å². The second-order valence-corrected chi connectivity index (χ2v) is 7.67. The Bertz CT molecular complexity index is 799. The molecule has 1 amide bonds. The average Bonchev–Trinajstić information content (AvgIpc) is 3.03. The van der Waals surface area contributed by atoms with E-state index < -0.39 is 0 Å². The fourth-order valence-corrected chi connectivity index (χ4v) is 3.63. The monoisotopic (exact) mass is 370 g/mol. The maximum atomic E-state index is 13.0. The Morgan fingerprint density at radius 3 is 2.70 bits per heavy atom.